The molecule has 26 heavy (non-hydrogen) atoms. The lowest BCUT2D eigenvalue weighted by Gasteiger charge is -2.24. The maximum absolute atomic E-state index is 13.1. The Morgan fingerprint density at radius 3 is 2.35 bits per heavy atom. The van der Waals surface area contributed by atoms with E-state index in [-0.39, 0.29) is 18.3 Å². The average molecular weight is 378 g/mol. The van der Waals surface area contributed by atoms with E-state index >= 15 is 0 Å². The predicted octanol–water partition coefficient (Wildman–Crippen LogP) is 3.09. The molecule has 140 valence electrons. The molecular formula is C19H23FN2O3S. The van der Waals surface area contributed by atoms with Crippen LogP contribution in [0.2, 0.25) is 0 Å². The molecule has 0 aliphatic heterocycles. The molecule has 2 rings (SSSR count). The van der Waals surface area contributed by atoms with Gasteiger partial charge in [-0.25, -0.2) is 12.8 Å². The maximum atomic E-state index is 13.1. The number of hydrogen-bond acceptors (Lipinski definition) is 3. The fraction of sp³-hybridized carbons (Fsp3) is 0.316. The Bertz CT molecular complexity index is 896. The van der Waals surface area contributed by atoms with E-state index in [2.05, 4.69) is 5.32 Å². The van der Waals surface area contributed by atoms with E-state index in [4.69, 9.17) is 0 Å². The van der Waals surface area contributed by atoms with Crippen LogP contribution < -0.4 is 9.62 Å². The van der Waals surface area contributed by atoms with Crippen molar-refractivity contribution in [2.75, 3.05) is 17.1 Å². The number of sulfonamides is 1. The number of carbonyl (C=O) groups excluding carboxylic acids is 1. The van der Waals surface area contributed by atoms with E-state index < -0.39 is 21.7 Å². The van der Waals surface area contributed by atoms with Crippen LogP contribution in [0.15, 0.2) is 42.5 Å². The average Bonchev–Trinajstić information content (AvgIpc) is 2.55. The van der Waals surface area contributed by atoms with Gasteiger partial charge in [0.25, 0.3) is 0 Å². The van der Waals surface area contributed by atoms with Crippen molar-refractivity contribution in [1.82, 2.24) is 5.32 Å². The minimum atomic E-state index is -3.69. The second-order valence-electron chi connectivity index (χ2n) is 6.40. The molecule has 0 aliphatic carbocycles. The maximum Gasteiger partial charge on any atom is 0.241 e. The predicted molar refractivity (Wildman–Crippen MR) is 101 cm³/mol. The van der Waals surface area contributed by atoms with Gasteiger partial charge in [-0.05, 0) is 56.2 Å². The first-order chi connectivity index (χ1) is 12.1. The molecule has 1 amide bonds. The Balaban J connectivity index is 2.17. The van der Waals surface area contributed by atoms with E-state index in [1.54, 1.807) is 0 Å². The zero-order valence-corrected chi connectivity index (χ0v) is 16.1. The highest BCUT2D eigenvalue weighted by Crippen LogP contribution is 2.20. The van der Waals surface area contributed by atoms with Gasteiger partial charge in [0.1, 0.15) is 12.4 Å². The summed E-state index contributed by atoms with van der Waals surface area (Å²) in [5.74, 6) is -0.914. The van der Waals surface area contributed by atoms with Crippen LogP contribution in [0.5, 0.6) is 0 Å². The fourth-order valence-corrected chi connectivity index (χ4v) is 3.59. The number of carbonyl (C=O) groups is 1. The number of hydrogen-bond donors (Lipinski definition) is 1. The number of halogens is 1. The smallest absolute Gasteiger partial charge is 0.241 e. The highest BCUT2D eigenvalue weighted by atomic mass is 32.2. The third-order valence-electron chi connectivity index (χ3n) is 4.08. The van der Waals surface area contributed by atoms with Crippen molar-refractivity contribution in [2.24, 2.45) is 0 Å². The van der Waals surface area contributed by atoms with Gasteiger partial charge in [-0.2, -0.15) is 0 Å². The standard InChI is InChI=1S/C19H23FN2O3S/c1-13-5-6-14(2)18(11-13)15(3)21-19(23)12-22(26(4,24)25)17-9-7-16(20)8-10-17/h5-11,15H,12H2,1-4H3,(H,21,23)/t15-/m0/s1. The van der Waals surface area contributed by atoms with Crippen molar-refractivity contribution in [3.05, 3.63) is 65.0 Å². The van der Waals surface area contributed by atoms with Gasteiger partial charge in [0, 0.05) is 0 Å². The Morgan fingerprint density at radius 1 is 1.15 bits per heavy atom. The molecule has 0 aliphatic rings. The SMILES string of the molecule is Cc1ccc(C)c([C@H](C)NC(=O)CN(c2ccc(F)cc2)S(C)(=O)=O)c1. The van der Waals surface area contributed by atoms with Crippen molar-refractivity contribution in [2.45, 2.75) is 26.8 Å². The molecule has 0 saturated carbocycles. The second-order valence-corrected chi connectivity index (χ2v) is 8.30. The first kappa shape index (κ1) is 19.9. The lowest BCUT2D eigenvalue weighted by molar-refractivity contribution is -0.120. The van der Waals surface area contributed by atoms with Gasteiger partial charge in [-0.1, -0.05) is 23.8 Å². The molecule has 0 fully saturated rings. The normalized spacial score (nSPS) is 12.5. The summed E-state index contributed by atoms with van der Waals surface area (Å²) in [5.41, 5.74) is 3.34. The summed E-state index contributed by atoms with van der Waals surface area (Å²) >= 11 is 0. The molecule has 2 aromatic rings. The van der Waals surface area contributed by atoms with Crippen LogP contribution in [0, 0.1) is 19.7 Å². The third-order valence-corrected chi connectivity index (χ3v) is 5.22. The molecule has 5 nitrogen and oxygen atoms in total. The third kappa shape index (κ3) is 5.05. The van der Waals surface area contributed by atoms with Gasteiger partial charge in [-0.3, -0.25) is 9.10 Å². The minimum Gasteiger partial charge on any atom is -0.348 e. The van der Waals surface area contributed by atoms with Crippen molar-refractivity contribution in [1.29, 1.82) is 0 Å². The Kier molecular flexibility index (Phi) is 6.02. The van der Waals surface area contributed by atoms with Crippen LogP contribution in [-0.4, -0.2) is 27.1 Å². The van der Waals surface area contributed by atoms with E-state index in [0.717, 1.165) is 39.4 Å². The molecule has 1 atom stereocenters. The summed E-state index contributed by atoms with van der Waals surface area (Å²) in [6, 6.07) is 10.7. The molecule has 0 heterocycles. The number of rotatable bonds is 6. The largest absolute Gasteiger partial charge is 0.348 e. The Hall–Kier alpha value is -2.41. The molecule has 0 aromatic heterocycles. The van der Waals surface area contributed by atoms with Crippen LogP contribution in [0.4, 0.5) is 10.1 Å². The van der Waals surface area contributed by atoms with Crippen molar-refractivity contribution < 1.29 is 17.6 Å². The van der Waals surface area contributed by atoms with Gasteiger partial charge in [0.2, 0.25) is 15.9 Å². The van der Waals surface area contributed by atoms with Gasteiger partial charge in [0.05, 0.1) is 18.0 Å². The number of anilines is 1. The number of amides is 1. The van der Waals surface area contributed by atoms with Crippen molar-refractivity contribution >= 4 is 21.6 Å². The molecule has 0 saturated heterocycles. The molecule has 1 N–H and O–H groups in total. The number of benzene rings is 2. The highest BCUT2D eigenvalue weighted by molar-refractivity contribution is 7.92. The quantitative estimate of drug-likeness (QED) is 0.840. The Morgan fingerprint density at radius 2 is 1.77 bits per heavy atom. The first-order valence-corrected chi connectivity index (χ1v) is 10.0. The lowest BCUT2D eigenvalue weighted by Crippen LogP contribution is -2.41. The number of nitrogens with one attached hydrogen (secondary N) is 1. The van der Waals surface area contributed by atoms with Crippen molar-refractivity contribution in [3.8, 4) is 0 Å². The molecule has 7 heteroatoms. The monoisotopic (exact) mass is 378 g/mol. The summed E-state index contributed by atoms with van der Waals surface area (Å²) < 4.78 is 38.2. The topological polar surface area (TPSA) is 66.5 Å². The van der Waals surface area contributed by atoms with Crippen LogP contribution in [0.3, 0.4) is 0 Å². The van der Waals surface area contributed by atoms with Crippen molar-refractivity contribution in [3.63, 3.8) is 0 Å². The molecule has 0 spiro atoms. The van der Waals surface area contributed by atoms with E-state index in [9.17, 15) is 17.6 Å². The summed E-state index contributed by atoms with van der Waals surface area (Å²) in [4.78, 5) is 12.4. The number of aryl methyl sites for hydroxylation is 2. The van der Waals surface area contributed by atoms with Gasteiger partial charge < -0.3 is 5.32 Å². The zero-order valence-electron chi connectivity index (χ0n) is 15.3. The minimum absolute atomic E-state index is 0.239. The lowest BCUT2D eigenvalue weighted by atomic mass is 10.00. The number of nitrogens with zero attached hydrogens (tertiary/aromatic N) is 1. The molecule has 0 radical (unpaired) electrons. The second kappa shape index (κ2) is 7.86. The van der Waals surface area contributed by atoms with Gasteiger partial charge >= 0.3 is 0 Å². The van der Waals surface area contributed by atoms with Crippen LogP contribution in [0.25, 0.3) is 0 Å². The van der Waals surface area contributed by atoms with Gasteiger partial charge in [0.15, 0.2) is 0 Å². The van der Waals surface area contributed by atoms with E-state index in [0.29, 0.717) is 0 Å². The summed E-state index contributed by atoms with van der Waals surface area (Å²) in [7, 11) is -3.69. The van der Waals surface area contributed by atoms with E-state index in [1.165, 1.54) is 12.1 Å². The zero-order chi connectivity index (χ0) is 19.5. The van der Waals surface area contributed by atoms with Crippen LogP contribution >= 0.6 is 0 Å². The van der Waals surface area contributed by atoms with E-state index in [1.807, 2.05) is 39.0 Å². The molecular weight excluding hydrogens is 355 g/mol. The molecule has 0 unspecified atom stereocenters. The molecule has 0 bridgehead atoms. The first-order valence-electron chi connectivity index (χ1n) is 8.17. The summed E-state index contributed by atoms with van der Waals surface area (Å²) in [6.07, 6.45) is 1.01. The summed E-state index contributed by atoms with van der Waals surface area (Å²) in [5, 5.41) is 2.83. The van der Waals surface area contributed by atoms with Crippen LogP contribution in [-0.2, 0) is 14.8 Å². The summed E-state index contributed by atoms with van der Waals surface area (Å²) in [6.45, 7) is 5.40. The Labute approximate surface area is 153 Å². The van der Waals surface area contributed by atoms with Crippen LogP contribution in [0.1, 0.15) is 29.7 Å². The highest BCUT2D eigenvalue weighted by Gasteiger charge is 2.22. The fourth-order valence-electron chi connectivity index (χ4n) is 2.73. The van der Waals surface area contributed by atoms with Gasteiger partial charge in [-0.15, -0.1) is 0 Å². The molecule has 2 aromatic carbocycles.